The predicted octanol–water partition coefficient (Wildman–Crippen LogP) is 2.52. The quantitative estimate of drug-likeness (QED) is 0.848. The highest BCUT2D eigenvalue weighted by molar-refractivity contribution is 6.33. The molecule has 3 N–H and O–H groups in total. The van der Waals surface area contributed by atoms with E-state index in [-0.39, 0.29) is 11.8 Å². The van der Waals surface area contributed by atoms with E-state index in [4.69, 9.17) is 17.3 Å². The van der Waals surface area contributed by atoms with Crippen LogP contribution in [0.2, 0.25) is 5.02 Å². The normalized spacial score (nSPS) is 18.5. The molecule has 26 heavy (non-hydrogen) atoms. The molecule has 1 unspecified atom stereocenters. The second-order valence-corrected chi connectivity index (χ2v) is 6.85. The summed E-state index contributed by atoms with van der Waals surface area (Å²) in [5.41, 5.74) is 7.69. The molecule has 0 aliphatic carbocycles. The van der Waals surface area contributed by atoms with Crippen LogP contribution in [0.5, 0.6) is 0 Å². The zero-order valence-corrected chi connectivity index (χ0v) is 15.2. The molecule has 1 heterocycles. The Morgan fingerprint density at radius 1 is 1.19 bits per heavy atom. The number of para-hydroxylation sites is 1. The molecule has 0 spiro atoms. The van der Waals surface area contributed by atoms with Gasteiger partial charge in [0.05, 0.1) is 16.8 Å². The van der Waals surface area contributed by atoms with E-state index in [2.05, 4.69) is 5.32 Å². The number of carbonyl (C=O) groups excluding carboxylic acids is 2. The molecule has 0 aromatic heterocycles. The van der Waals surface area contributed by atoms with Crippen molar-refractivity contribution in [2.24, 2.45) is 5.73 Å². The fourth-order valence-corrected chi connectivity index (χ4v) is 3.40. The summed E-state index contributed by atoms with van der Waals surface area (Å²) in [7, 11) is 0. The second kappa shape index (κ2) is 8.34. The van der Waals surface area contributed by atoms with Crippen LogP contribution in [-0.4, -0.2) is 30.4 Å². The summed E-state index contributed by atoms with van der Waals surface area (Å²) in [4.78, 5) is 26.9. The number of halogens is 1. The summed E-state index contributed by atoms with van der Waals surface area (Å²) in [6.07, 6.45) is 1.82. The molecule has 1 aliphatic rings. The van der Waals surface area contributed by atoms with Crippen molar-refractivity contribution in [3.05, 3.63) is 65.2 Å². The molecule has 136 valence electrons. The summed E-state index contributed by atoms with van der Waals surface area (Å²) >= 11 is 6.22. The number of anilines is 1. The molecule has 0 saturated carbocycles. The number of rotatable bonds is 5. The maximum absolute atomic E-state index is 12.8. The SMILES string of the molecule is N[C@@H](Cc1ccccc1)C(=O)NC1CCCN(c2ccccc2Cl)C1=O. The van der Waals surface area contributed by atoms with Gasteiger partial charge in [-0.2, -0.15) is 0 Å². The van der Waals surface area contributed by atoms with Crippen LogP contribution in [-0.2, 0) is 16.0 Å². The largest absolute Gasteiger partial charge is 0.343 e. The van der Waals surface area contributed by atoms with Gasteiger partial charge in [-0.05, 0) is 37.0 Å². The van der Waals surface area contributed by atoms with Crippen LogP contribution in [0.3, 0.4) is 0 Å². The summed E-state index contributed by atoms with van der Waals surface area (Å²) < 4.78 is 0. The number of amides is 2. The first-order valence-electron chi connectivity index (χ1n) is 8.72. The van der Waals surface area contributed by atoms with Crippen LogP contribution in [0, 0.1) is 0 Å². The molecule has 5 nitrogen and oxygen atoms in total. The van der Waals surface area contributed by atoms with Crippen LogP contribution in [0.15, 0.2) is 54.6 Å². The lowest BCUT2D eigenvalue weighted by Gasteiger charge is -2.33. The highest BCUT2D eigenvalue weighted by Crippen LogP contribution is 2.28. The van der Waals surface area contributed by atoms with Gasteiger partial charge in [0.2, 0.25) is 11.8 Å². The highest BCUT2D eigenvalue weighted by Gasteiger charge is 2.32. The third kappa shape index (κ3) is 4.23. The van der Waals surface area contributed by atoms with Gasteiger partial charge in [-0.3, -0.25) is 9.59 Å². The molecule has 0 radical (unpaired) electrons. The minimum absolute atomic E-state index is 0.149. The second-order valence-electron chi connectivity index (χ2n) is 6.44. The molecule has 1 fully saturated rings. The van der Waals surface area contributed by atoms with Gasteiger partial charge in [0.1, 0.15) is 6.04 Å². The lowest BCUT2D eigenvalue weighted by Crippen LogP contribution is -2.55. The van der Waals surface area contributed by atoms with Crippen molar-refractivity contribution >= 4 is 29.1 Å². The lowest BCUT2D eigenvalue weighted by atomic mass is 10.0. The van der Waals surface area contributed by atoms with Crippen LogP contribution < -0.4 is 16.0 Å². The number of carbonyl (C=O) groups is 2. The van der Waals surface area contributed by atoms with E-state index in [1.54, 1.807) is 11.0 Å². The minimum atomic E-state index is -0.694. The molecule has 1 saturated heterocycles. The number of nitrogens with one attached hydrogen (secondary N) is 1. The Hall–Kier alpha value is -2.37. The molecule has 2 aromatic carbocycles. The molecule has 3 rings (SSSR count). The zero-order valence-electron chi connectivity index (χ0n) is 14.4. The van der Waals surface area contributed by atoms with Gasteiger partial charge in [-0.25, -0.2) is 0 Å². The topological polar surface area (TPSA) is 75.4 Å². The number of hydrogen-bond donors (Lipinski definition) is 2. The monoisotopic (exact) mass is 371 g/mol. The van der Waals surface area contributed by atoms with E-state index in [0.29, 0.717) is 30.1 Å². The molecular formula is C20H22ClN3O2. The van der Waals surface area contributed by atoms with Gasteiger partial charge in [0, 0.05) is 6.54 Å². The first-order valence-corrected chi connectivity index (χ1v) is 9.10. The van der Waals surface area contributed by atoms with Crippen molar-refractivity contribution in [3.8, 4) is 0 Å². The fraction of sp³-hybridized carbons (Fsp3) is 0.300. The average molecular weight is 372 g/mol. The van der Waals surface area contributed by atoms with Gasteiger partial charge in [0.15, 0.2) is 0 Å². The van der Waals surface area contributed by atoms with Crippen LogP contribution in [0.1, 0.15) is 18.4 Å². The van der Waals surface area contributed by atoms with Crippen LogP contribution in [0.4, 0.5) is 5.69 Å². The highest BCUT2D eigenvalue weighted by atomic mass is 35.5. The van der Waals surface area contributed by atoms with Crippen molar-refractivity contribution in [1.29, 1.82) is 0 Å². The average Bonchev–Trinajstić information content (AvgIpc) is 2.65. The number of benzene rings is 2. The lowest BCUT2D eigenvalue weighted by molar-refractivity contribution is -0.129. The van der Waals surface area contributed by atoms with Crippen molar-refractivity contribution in [2.75, 3.05) is 11.4 Å². The Bertz CT molecular complexity index is 782. The van der Waals surface area contributed by atoms with Gasteiger partial charge >= 0.3 is 0 Å². The van der Waals surface area contributed by atoms with Crippen molar-refractivity contribution < 1.29 is 9.59 Å². The Morgan fingerprint density at radius 2 is 1.88 bits per heavy atom. The van der Waals surface area contributed by atoms with E-state index >= 15 is 0 Å². The van der Waals surface area contributed by atoms with Gasteiger partial charge < -0.3 is 16.0 Å². The molecule has 2 aromatic rings. The van der Waals surface area contributed by atoms with Crippen LogP contribution >= 0.6 is 11.6 Å². The zero-order chi connectivity index (χ0) is 18.5. The molecule has 6 heteroatoms. The van der Waals surface area contributed by atoms with Crippen molar-refractivity contribution in [2.45, 2.75) is 31.3 Å². The summed E-state index contributed by atoms with van der Waals surface area (Å²) in [5, 5.41) is 3.33. The Labute approximate surface area is 158 Å². The Kier molecular flexibility index (Phi) is 5.91. The summed E-state index contributed by atoms with van der Waals surface area (Å²) in [6, 6.07) is 15.5. The Balaban J connectivity index is 1.64. The minimum Gasteiger partial charge on any atom is -0.343 e. The maximum atomic E-state index is 12.8. The van der Waals surface area contributed by atoms with E-state index in [1.165, 1.54) is 0 Å². The molecule has 0 bridgehead atoms. The van der Waals surface area contributed by atoms with E-state index in [1.807, 2.05) is 48.5 Å². The molecule has 1 aliphatic heterocycles. The van der Waals surface area contributed by atoms with Crippen LogP contribution in [0.25, 0.3) is 0 Å². The Morgan fingerprint density at radius 3 is 2.62 bits per heavy atom. The maximum Gasteiger partial charge on any atom is 0.249 e. The third-order valence-electron chi connectivity index (χ3n) is 4.53. The smallest absolute Gasteiger partial charge is 0.249 e. The first kappa shape index (κ1) is 18.4. The van der Waals surface area contributed by atoms with E-state index in [9.17, 15) is 9.59 Å². The van der Waals surface area contributed by atoms with Crippen molar-refractivity contribution in [3.63, 3.8) is 0 Å². The fourth-order valence-electron chi connectivity index (χ4n) is 3.16. The van der Waals surface area contributed by atoms with Gasteiger partial charge in [0.25, 0.3) is 0 Å². The number of hydrogen-bond acceptors (Lipinski definition) is 3. The molecular weight excluding hydrogens is 350 g/mol. The molecule has 2 atom stereocenters. The summed E-state index contributed by atoms with van der Waals surface area (Å²) in [6.45, 7) is 0.588. The molecule has 2 amide bonds. The predicted molar refractivity (Wildman–Crippen MR) is 103 cm³/mol. The third-order valence-corrected chi connectivity index (χ3v) is 4.85. The first-order chi connectivity index (χ1) is 12.6. The van der Waals surface area contributed by atoms with Gasteiger partial charge in [-0.15, -0.1) is 0 Å². The van der Waals surface area contributed by atoms with Crippen molar-refractivity contribution in [1.82, 2.24) is 5.32 Å². The van der Waals surface area contributed by atoms with E-state index < -0.39 is 12.1 Å². The summed E-state index contributed by atoms with van der Waals surface area (Å²) in [5.74, 6) is -0.460. The van der Waals surface area contributed by atoms with Gasteiger partial charge in [-0.1, -0.05) is 54.1 Å². The standard InChI is InChI=1S/C20H22ClN3O2/c21-15-9-4-5-11-18(15)24-12-6-10-17(20(24)26)23-19(25)16(22)13-14-7-2-1-3-8-14/h1-5,7-9,11,16-17H,6,10,12-13,22H2,(H,23,25)/t16-,17?/m0/s1. The van der Waals surface area contributed by atoms with E-state index in [0.717, 1.165) is 12.0 Å². The number of piperidine rings is 1. The number of nitrogens with zero attached hydrogens (tertiary/aromatic N) is 1. The number of nitrogens with two attached hydrogens (primary N) is 1.